The van der Waals surface area contributed by atoms with E-state index in [1.807, 2.05) is 0 Å². The monoisotopic (exact) mass is 850 g/mol. The van der Waals surface area contributed by atoms with E-state index < -0.39 is 22.3 Å². The van der Waals surface area contributed by atoms with Crippen molar-refractivity contribution in [3.05, 3.63) is 273 Å². The maximum absolute atomic E-state index is 10.1. The molecule has 0 aliphatic carbocycles. The molecule has 9 aromatic rings. The Kier molecular flexibility index (Phi) is 14.7. The summed E-state index contributed by atoms with van der Waals surface area (Å²) in [6.45, 7) is 0. The SMILES string of the molecule is O=P([O-])([O-])Oc1ccccc1.c1ccc([P+](c2ccccc2)(c2ccccc2)c2ccccc2)cc1.c1ccc([P+](c2ccccc2)(c2ccccc2)c2ccccc2)cc1. The summed E-state index contributed by atoms with van der Waals surface area (Å²) in [5.41, 5.74) is 0. The summed E-state index contributed by atoms with van der Waals surface area (Å²) in [5.74, 6) is 0.0424. The Balaban J connectivity index is 0.000000149. The van der Waals surface area contributed by atoms with Crippen molar-refractivity contribution in [2.75, 3.05) is 0 Å². The maximum atomic E-state index is 10.1. The molecular formula is C54H45O4P3. The molecule has 61 heavy (non-hydrogen) atoms. The van der Waals surface area contributed by atoms with Crippen LogP contribution in [0.5, 0.6) is 5.75 Å². The minimum absolute atomic E-state index is 0.0424. The van der Waals surface area contributed by atoms with E-state index in [0.717, 1.165) is 0 Å². The van der Waals surface area contributed by atoms with E-state index >= 15 is 0 Å². The molecule has 0 N–H and O–H groups in total. The van der Waals surface area contributed by atoms with Gasteiger partial charge in [0.25, 0.3) is 0 Å². The van der Waals surface area contributed by atoms with Crippen molar-refractivity contribution >= 4 is 64.8 Å². The van der Waals surface area contributed by atoms with Crippen LogP contribution in [0.2, 0.25) is 0 Å². The number of phosphoric acid groups is 1. The van der Waals surface area contributed by atoms with Crippen molar-refractivity contribution in [3.63, 3.8) is 0 Å². The lowest BCUT2D eigenvalue weighted by molar-refractivity contribution is -0.333. The van der Waals surface area contributed by atoms with Gasteiger partial charge in [0, 0.05) is 0 Å². The van der Waals surface area contributed by atoms with Crippen LogP contribution in [0, 0.1) is 0 Å². The van der Waals surface area contributed by atoms with Crippen LogP contribution in [0.15, 0.2) is 273 Å². The lowest BCUT2D eigenvalue weighted by Gasteiger charge is -2.28. The van der Waals surface area contributed by atoms with Crippen LogP contribution < -0.4 is 56.7 Å². The van der Waals surface area contributed by atoms with Gasteiger partial charge in [-0.3, -0.25) is 0 Å². The van der Waals surface area contributed by atoms with Gasteiger partial charge in [-0.1, -0.05) is 164 Å². The molecule has 7 heteroatoms. The van der Waals surface area contributed by atoms with E-state index in [2.05, 4.69) is 247 Å². The molecule has 0 radical (unpaired) electrons. The first-order valence-corrected chi connectivity index (χ1v) is 25.0. The molecule has 0 aliphatic heterocycles. The van der Waals surface area contributed by atoms with Gasteiger partial charge in [0.05, 0.1) is 0 Å². The minimum Gasteiger partial charge on any atom is -0.780 e. The molecule has 9 aromatic carbocycles. The lowest BCUT2D eigenvalue weighted by Crippen LogP contribution is -2.38. The topological polar surface area (TPSA) is 72.4 Å². The van der Waals surface area contributed by atoms with Gasteiger partial charge in [0.2, 0.25) is 0 Å². The van der Waals surface area contributed by atoms with Gasteiger partial charge in [-0.25, -0.2) is 0 Å². The van der Waals surface area contributed by atoms with Gasteiger partial charge in [0.1, 0.15) is 70.5 Å². The third kappa shape index (κ3) is 10.2. The molecular weight excluding hydrogens is 806 g/mol. The van der Waals surface area contributed by atoms with Crippen molar-refractivity contribution in [2.45, 2.75) is 0 Å². The quantitative estimate of drug-likeness (QED) is 0.130. The van der Waals surface area contributed by atoms with Crippen LogP contribution in [0.1, 0.15) is 0 Å². The van der Waals surface area contributed by atoms with Crippen molar-refractivity contribution in [1.82, 2.24) is 0 Å². The van der Waals surface area contributed by atoms with Gasteiger partial charge < -0.3 is 18.9 Å². The molecule has 0 unspecified atom stereocenters. The molecule has 0 spiro atoms. The zero-order valence-electron chi connectivity index (χ0n) is 33.5. The second kappa shape index (κ2) is 20.9. The zero-order valence-corrected chi connectivity index (χ0v) is 36.1. The third-order valence-corrected chi connectivity index (χ3v) is 19.1. The molecule has 300 valence electrons. The largest absolute Gasteiger partial charge is 0.780 e. The smallest absolute Gasteiger partial charge is 0.144 e. The first-order chi connectivity index (χ1) is 29.9. The van der Waals surface area contributed by atoms with Crippen molar-refractivity contribution in [2.24, 2.45) is 0 Å². The van der Waals surface area contributed by atoms with Gasteiger partial charge in [-0.05, 0) is 109 Å². The fourth-order valence-corrected chi connectivity index (χ4v) is 16.5. The molecule has 0 heterocycles. The first kappa shape index (κ1) is 42.9. The van der Waals surface area contributed by atoms with Gasteiger partial charge in [-0.15, -0.1) is 0 Å². The highest BCUT2D eigenvalue weighted by Gasteiger charge is 2.48. The fraction of sp³-hybridized carbons (Fsp3) is 0. The summed E-state index contributed by atoms with van der Waals surface area (Å²) in [7, 11) is -8.70. The molecule has 0 amide bonds. The summed E-state index contributed by atoms with van der Waals surface area (Å²) >= 11 is 0. The molecule has 9 rings (SSSR count). The highest BCUT2D eigenvalue weighted by atomic mass is 31.2. The Hall–Kier alpha value is -6.21. The number of benzene rings is 9. The maximum Gasteiger partial charge on any atom is 0.144 e. The summed E-state index contributed by atoms with van der Waals surface area (Å²) in [4.78, 5) is 20.1. The van der Waals surface area contributed by atoms with Crippen LogP contribution in [-0.4, -0.2) is 0 Å². The Labute approximate surface area is 360 Å². The van der Waals surface area contributed by atoms with Gasteiger partial charge in [0.15, 0.2) is 0 Å². The van der Waals surface area contributed by atoms with Crippen molar-refractivity contribution in [3.8, 4) is 5.75 Å². The predicted octanol–water partition coefficient (Wildman–Crippen LogP) is 8.51. The predicted molar refractivity (Wildman–Crippen MR) is 257 cm³/mol. The lowest BCUT2D eigenvalue weighted by atomic mass is 10.3. The van der Waals surface area contributed by atoms with Crippen LogP contribution in [0.25, 0.3) is 0 Å². The Morgan fingerprint density at radius 1 is 0.262 bits per heavy atom. The minimum atomic E-state index is -4.89. The Bertz CT molecular complexity index is 2180. The molecule has 0 bridgehead atoms. The fourth-order valence-electron chi connectivity index (χ4n) is 7.61. The number of hydrogen-bond donors (Lipinski definition) is 0. The Morgan fingerprint density at radius 2 is 0.410 bits per heavy atom. The standard InChI is InChI=1S/2C24H20P.C6H7O4P/c2*1-5-13-21(14-6-1)25(22-15-7-2-8-16-22,23-17-9-3-10-18-23)24-19-11-4-12-20-24;7-11(8,9)10-6-4-2-1-3-5-6/h2*1-20H;1-5H,(H2,7,8,9)/q2*+1;/p-2. The normalized spacial score (nSPS) is 11.2. The number of para-hydroxylation sites is 1. The van der Waals surface area contributed by atoms with E-state index in [0.29, 0.717) is 0 Å². The average Bonchev–Trinajstić information content (AvgIpc) is 3.33. The van der Waals surface area contributed by atoms with E-state index in [9.17, 15) is 14.4 Å². The second-order valence-electron chi connectivity index (χ2n) is 13.9. The summed E-state index contributed by atoms with van der Waals surface area (Å²) in [6.07, 6.45) is 0. The first-order valence-electron chi connectivity index (χ1n) is 19.9. The zero-order chi connectivity index (χ0) is 42.2. The molecule has 0 saturated heterocycles. The third-order valence-electron chi connectivity index (χ3n) is 10.1. The summed E-state index contributed by atoms with van der Waals surface area (Å²) < 4.78 is 14.1. The van der Waals surface area contributed by atoms with Crippen molar-refractivity contribution in [1.29, 1.82) is 0 Å². The van der Waals surface area contributed by atoms with Crippen LogP contribution in [-0.2, 0) is 4.57 Å². The molecule has 0 atom stereocenters. The summed E-state index contributed by atoms with van der Waals surface area (Å²) in [5, 5.41) is 11.1. The number of rotatable bonds is 10. The molecule has 0 aromatic heterocycles. The van der Waals surface area contributed by atoms with E-state index in [1.54, 1.807) is 18.2 Å². The van der Waals surface area contributed by atoms with Gasteiger partial charge >= 0.3 is 0 Å². The Morgan fingerprint density at radius 3 is 0.557 bits per heavy atom. The van der Waals surface area contributed by atoms with Crippen molar-refractivity contribution < 1.29 is 18.9 Å². The molecule has 0 aliphatic rings. The second-order valence-corrected chi connectivity index (χ2v) is 21.8. The van der Waals surface area contributed by atoms with E-state index in [-0.39, 0.29) is 5.75 Å². The average molecular weight is 851 g/mol. The highest BCUT2D eigenvalue weighted by Crippen LogP contribution is 2.55. The van der Waals surface area contributed by atoms with Gasteiger partial charge in [-0.2, -0.15) is 0 Å². The molecule has 0 saturated carbocycles. The van der Waals surface area contributed by atoms with Crippen LogP contribution >= 0.6 is 22.3 Å². The molecule has 4 nitrogen and oxygen atoms in total. The summed E-state index contributed by atoms with van der Waals surface area (Å²) in [6, 6.07) is 95.3. The highest BCUT2D eigenvalue weighted by molar-refractivity contribution is 8.02. The number of hydrogen-bond acceptors (Lipinski definition) is 4. The van der Waals surface area contributed by atoms with E-state index in [1.165, 1.54) is 54.6 Å². The van der Waals surface area contributed by atoms with Crippen LogP contribution in [0.3, 0.4) is 0 Å². The van der Waals surface area contributed by atoms with Crippen LogP contribution in [0.4, 0.5) is 0 Å². The molecule has 0 fully saturated rings. The number of phosphoric ester groups is 1. The van der Waals surface area contributed by atoms with E-state index in [4.69, 9.17) is 0 Å².